The summed E-state index contributed by atoms with van der Waals surface area (Å²) < 4.78 is 26.8. The number of carbonyl (C=O) groups excluding carboxylic acids is 2. The second-order valence-corrected chi connectivity index (χ2v) is 10.5. The molecule has 2 aromatic carbocycles. The summed E-state index contributed by atoms with van der Waals surface area (Å²) in [5.74, 6) is -0.735. The molecule has 0 aliphatic heterocycles. The largest absolute Gasteiger partial charge is 0.354 e. The van der Waals surface area contributed by atoms with Gasteiger partial charge in [-0.2, -0.15) is 4.31 Å². The molecule has 0 aliphatic rings. The van der Waals surface area contributed by atoms with Crippen LogP contribution >= 0.6 is 11.6 Å². The van der Waals surface area contributed by atoms with Gasteiger partial charge in [0, 0.05) is 25.2 Å². The maximum atomic E-state index is 13.3. The first-order valence-electron chi connectivity index (χ1n) is 10.9. The van der Waals surface area contributed by atoms with Crippen LogP contribution in [0.2, 0.25) is 5.02 Å². The zero-order valence-corrected chi connectivity index (χ0v) is 21.1. The molecule has 2 amide bonds. The van der Waals surface area contributed by atoms with E-state index >= 15 is 0 Å². The number of likely N-dealkylation sites (N-methyl/N-ethyl adjacent to an activating group) is 1. The van der Waals surface area contributed by atoms with Crippen molar-refractivity contribution in [2.24, 2.45) is 0 Å². The number of benzene rings is 2. The van der Waals surface area contributed by atoms with Crippen LogP contribution in [0.25, 0.3) is 0 Å². The molecule has 0 aliphatic carbocycles. The zero-order valence-electron chi connectivity index (χ0n) is 19.5. The second-order valence-electron chi connectivity index (χ2n) is 8.04. The molecule has 9 heteroatoms. The number of nitrogens with one attached hydrogen (secondary N) is 1. The Kier molecular flexibility index (Phi) is 9.88. The first-order chi connectivity index (χ1) is 15.6. The molecule has 0 radical (unpaired) electrons. The zero-order chi connectivity index (χ0) is 24.6. The highest BCUT2D eigenvalue weighted by atomic mass is 35.5. The van der Waals surface area contributed by atoms with E-state index in [0.29, 0.717) is 11.6 Å². The topological polar surface area (TPSA) is 86.8 Å². The molecule has 1 N–H and O–H groups in total. The van der Waals surface area contributed by atoms with Crippen LogP contribution in [0.4, 0.5) is 0 Å². The van der Waals surface area contributed by atoms with Crippen LogP contribution in [0.15, 0.2) is 53.4 Å². The lowest BCUT2D eigenvalue weighted by atomic mass is 10.1. The fraction of sp³-hybridized carbons (Fsp3) is 0.417. The summed E-state index contributed by atoms with van der Waals surface area (Å²) in [4.78, 5) is 27.4. The van der Waals surface area contributed by atoms with Crippen molar-refractivity contribution in [1.29, 1.82) is 0 Å². The Balaban J connectivity index is 2.22. The predicted molar refractivity (Wildman–Crippen MR) is 130 cm³/mol. The van der Waals surface area contributed by atoms with Crippen molar-refractivity contribution in [1.82, 2.24) is 14.5 Å². The molecule has 0 aromatic heterocycles. The lowest BCUT2D eigenvalue weighted by Crippen LogP contribution is -2.50. The number of amides is 2. The Morgan fingerprint density at radius 3 is 2.24 bits per heavy atom. The fourth-order valence-corrected chi connectivity index (χ4v) is 4.41. The minimum atomic E-state index is -3.90. The van der Waals surface area contributed by atoms with Crippen LogP contribution < -0.4 is 5.32 Å². The van der Waals surface area contributed by atoms with Crippen molar-refractivity contribution in [3.8, 4) is 0 Å². The molecule has 0 heterocycles. The van der Waals surface area contributed by atoms with Crippen molar-refractivity contribution < 1.29 is 18.0 Å². The van der Waals surface area contributed by atoms with Crippen molar-refractivity contribution in [2.45, 2.75) is 51.1 Å². The van der Waals surface area contributed by atoms with Gasteiger partial charge in [-0.3, -0.25) is 9.59 Å². The minimum absolute atomic E-state index is 0.0395. The maximum Gasteiger partial charge on any atom is 0.243 e. The van der Waals surface area contributed by atoms with E-state index in [1.54, 1.807) is 6.92 Å². The summed E-state index contributed by atoms with van der Waals surface area (Å²) in [5.41, 5.74) is 1.93. The molecule has 2 rings (SSSR count). The van der Waals surface area contributed by atoms with Gasteiger partial charge in [0.1, 0.15) is 6.04 Å². The molecular formula is C24H32ClN3O4S. The van der Waals surface area contributed by atoms with E-state index < -0.39 is 28.5 Å². The van der Waals surface area contributed by atoms with Gasteiger partial charge in [-0.1, -0.05) is 54.8 Å². The molecule has 0 bridgehead atoms. The van der Waals surface area contributed by atoms with Crippen LogP contribution in [-0.2, 0) is 26.2 Å². The van der Waals surface area contributed by atoms with Gasteiger partial charge in [0.05, 0.1) is 11.4 Å². The van der Waals surface area contributed by atoms with E-state index in [-0.39, 0.29) is 17.3 Å². The van der Waals surface area contributed by atoms with Gasteiger partial charge in [0.25, 0.3) is 0 Å². The summed E-state index contributed by atoms with van der Waals surface area (Å²) in [6.07, 6.45) is 1.78. The normalized spacial score (nSPS) is 12.4. The van der Waals surface area contributed by atoms with Gasteiger partial charge in [-0.25, -0.2) is 8.42 Å². The van der Waals surface area contributed by atoms with Gasteiger partial charge < -0.3 is 10.2 Å². The van der Waals surface area contributed by atoms with E-state index in [1.807, 2.05) is 38.1 Å². The van der Waals surface area contributed by atoms with Gasteiger partial charge in [0.15, 0.2) is 0 Å². The lowest BCUT2D eigenvalue weighted by molar-refractivity contribution is -0.140. The third-order valence-electron chi connectivity index (χ3n) is 5.35. The molecule has 180 valence electrons. The van der Waals surface area contributed by atoms with E-state index in [2.05, 4.69) is 5.32 Å². The molecule has 2 aromatic rings. The molecule has 0 fully saturated rings. The molecule has 0 unspecified atom stereocenters. The van der Waals surface area contributed by atoms with E-state index in [9.17, 15) is 18.0 Å². The molecule has 1 atom stereocenters. The van der Waals surface area contributed by atoms with Crippen molar-refractivity contribution >= 4 is 33.4 Å². The first-order valence-corrected chi connectivity index (χ1v) is 12.7. The Labute approximate surface area is 201 Å². The van der Waals surface area contributed by atoms with Gasteiger partial charge in [-0.05, 0) is 50.1 Å². The smallest absolute Gasteiger partial charge is 0.243 e. The highest BCUT2D eigenvalue weighted by molar-refractivity contribution is 7.89. The third kappa shape index (κ3) is 7.55. The summed E-state index contributed by atoms with van der Waals surface area (Å²) >= 11 is 5.86. The van der Waals surface area contributed by atoms with Crippen LogP contribution in [0, 0.1) is 6.92 Å². The first kappa shape index (κ1) is 26.8. The van der Waals surface area contributed by atoms with Crippen LogP contribution in [-0.4, -0.2) is 55.6 Å². The molecule has 0 saturated heterocycles. The van der Waals surface area contributed by atoms with Crippen molar-refractivity contribution in [3.05, 3.63) is 64.7 Å². The van der Waals surface area contributed by atoms with E-state index in [4.69, 9.17) is 11.6 Å². The summed E-state index contributed by atoms with van der Waals surface area (Å²) in [5, 5.41) is 3.27. The Morgan fingerprint density at radius 1 is 1.06 bits per heavy atom. The van der Waals surface area contributed by atoms with E-state index in [0.717, 1.165) is 28.3 Å². The SMILES string of the molecule is CCCCNC(=O)[C@@H](C)N(Cc1ccc(C)cc1)C(=O)CN(C)S(=O)(=O)c1ccc(Cl)cc1. The van der Waals surface area contributed by atoms with Crippen molar-refractivity contribution in [3.63, 3.8) is 0 Å². The maximum absolute atomic E-state index is 13.3. The highest BCUT2D eigenvalue weighted by Crippen LogP contribution is 2.18. The summed E-state index contributed by atoms with van der Waals surface area (Å²) in [6, 6.07) is 12.6. The standard InChI is InChI=1S/C24H32ClN3O4S/c1-5-6-15-26-24(30)19(3)28(16-20-9-7-18(2)8-10-20)23(29)17-27(4)33(31,32)22-13-11-21(25)12-14-22/h7-14,19H,5-6,15-17H2,1-4H3,(H,26,30)/t19-/m1/s1. The molecule has 0 spiro atoms. The Bertz CT molecular complexity index is 1040. The number of rotatable bonds is 11. The molecule has 33 heavy (non-hydrogen) atoms. The molecule has 7 nitrogen and oxygen atoms in total. The van der Waals surface area contributed by atoms with Gasteiger partial charge in [0.2, 0.25) is 21.8 Å². The second kappa shape index (κ2) is 12.2. The number of unbranched alkanes of at least 4 members (excludes halogenated alkanes) is 1. The number of hydrogen-bond acceptors (Lipinski definition) is 4. The third-order valence-corrected chi connectivity index (χ3v) is 7.42. The lowest BCUT2D eigenvalue weighted by Gasteiger charge is -2.30. The number of aryl methyl sites for hydroxylation is 1. The predicted octanol–water partition coefficient (Wildman–Crippen LogP) is 3.60. The average molecular weight is 494 g/mol. The quantitative estimate of drug-likeness (QED) is 0.484. The molecular weight excluding hydrogens is 462 g/mol. The minimum Gasteiger partial charge on any atom is -0.354 e. The summed E-state index contributed by atoms with van der Waals surface area (Å²) in [6.45, 7) is 5.96. The molecule has 0 saturated carbocycles. The van der Waals surface area contributed by atoms with Crippen LogP contribution in [0.1, 0.15) is 37.8 Å². The van der Waals surface area contributed by atoms with Crippen molar-refractivity contribution in [2.75, 3.05) is 20.1 Å². The average Bonchev–Trinajstić information content (AvgIpc) is 2.78. The highest BCUT2D eigenvalue weighted by Gasteiger charge is 2.30. The number of halogens is 1. The fourth-order valence-electron chi connectivity index (χ4n) is 3.16. The monoisotopic (exact) mass is 493 g/mol. The number of nitrogens with zero attached hydrogens (tertiary/aromatic N) is 2. The number of carbonyl (C=O) groups is 2. The Hall–Kier alpha value is -2.42. The Morgan fingerprint density at radius 2 is 1.67 bits per heavy atom. The van der Waals surface area contributed by atoms with E-state index in [1.165, 1.54) is 36.2 Å². The van der Waals surface area contributed by atoms with Crippen LogP contribution in [0.3, 0.4) is 0 Å². The number of hydrogen-bond donors (Lipinski definition) is 1. The van der Waals surface area contributed by atoms with Gasteiger partial charge >= 0.3 is 0 Å². The summed E-state index contributed by atoms with van der Waals surface area (Å²) in [7, 11) is -2.55. The van der Waals surface area contributed by atoms with Gasteiger partial charge in [-0.15, -0.1) is 0 Å². The van der Waals surface area contributed by atoms with Crippen LogP contribution in [0.5, 0.6) is 0 Å². The number of sulfonamides is 1.